The molecule has 50 heavy (non-hydrogen) atoms. The normalized spacial score (nSPS) is 16.6. The van der Waals surface area contributed by atoms with E-state index in [2.05, 4.69) is 82.5 Å². The number of methoxy groups -OCH3 is 1. The Labute approximate surface area is 300 Å². The van der Waals surface area contributed by atoms with Crippen LogP contribution in [0.5, 0.6) is 5.75 Å². The first-order valence-corrected chi connectivity index (χ1v) is 20.2. The van der Waals surface area contributed by atoms with Crippen LogP contribution in [0.1, 0.15) is 31.9 Å². The number of alkyl halides is 2. The van der Waals surface area contributed by atoms with E-state index < -0.39 is 13.7 Å². The Morgan fingerprint density at radius 1 is 1.02 bits per heavy atom. The maximum Gasteiger partial charge on any atom is 0.348 e. The Morgan fingerprint density at radius 2 is 1.76 bits per heavy atom. The highest BCUT2D eigenvalue weighted by atomic mass is 79.9. The summed E-state index contributed by atoms with van der Waals surface area (Å²) in [6.07, 6.45) is 6.04. The molecule has 0 radical (unpaired) electrons. The van der Waals surface area contributed by atoms with E-state index in [1.807, 2.05) is 0 Å². The smallest absolute Gasteiger partial charge is 0.348 e. The zero-order valence-electron chi connectivity index (χ0n) is 29.0. The number of nitrogens with one attached hydrogen (secondary N) is 2. The lowest BCUT2D eigenvalue weighted by Gasteiger charge is -2.43. The zero-order valence-corrected chi connectivity index (χ0v) is 31.5. The number of nitrogens with zero attached hydrogens (tertiary/aromatic N) is 8. The molecule has 4 aromatic rings. The van der Waals surface area contributed by atoms with Gasteiger partial charge in [-0.3, -0.25) is 4.90 Å². The molecule has 2 aliphatic rings. The van der Waals surface area contributed by atoms with Crippen LogP contribution >= 0.6 is 23.1 Å². The van der Waals surface area contributed by atoms with Gasteiger partial charge in [0, 0.05) is 74.1 Å². The van der Waals surface area contributed by atoms with Crippen molar-refractivity contribution in [3.63, 3.8) is 0 Å². The van der Waals surface area contributed by atoms with Gasteiger partial charge in [-0.15, -0.1) is 9.90 Å². The molecule has 2 aromatic carbocycles. The van der Waals surface area contributed by atoms with Crippen LogP contribution in [0.15, 0.2) is 47.2 Å². The van der Waals surface area contributed by atoms with Crippen molar-refractivity contribution < 1.29 is 18.1 Å². The number of halogens is 3. The highest BCUT2D eigenvalue weighted by molar-refractivity contribution is 9.10. The third kappa shape index (κ3) is 8.11. The molecule has 2 fully saturated rings. The lowest BCUT2D eigenvalue weighted by molar-refractivity contribution is 0.0415. The van der Waals surface area contributed by atoms with Crippen molar-refractivity contribution in [3.05, 3.63) is 52.8 Å². The van der Waals surface area contributed by atoms with Gasteiger partial charge in [0.1, 0.15) is 24.4 Å². The number of aryl methyl sites for hydroxylation is 1. The summed E-state index contributed by atoms with van der Waals surface area (Å²) >= 11 is 3.54. The Morgan fingerprint density at radius 3 is 2.40 bits per heavy atom. The van der Waals surface area contributed by atoms with E-state index in [0.29, 0.717) is 49.4 Å². The van der Waals surface area contributed by atoms with Gasteiger partial charge in [-0.2, -0.15) is 18.9 Å². The number of aromatic nitrogens is 5. The van der Waals surface area contributed by atoms with Crippen molar-refractivity contribution in [2.45, 2.75) is 38.8 Å². The van der Waals surface area contributed by atoms with Crippen molar-refractivity contribution in [1.29, 1.82) is 0 Å². The Bertz CT molecular complexity index is 1860. The highest BCUT2D eigenvalue weighted by Gasteiger charge is 2.28. The monoisotopic (exact) mass is 772 g/mol. The molecule has 0 unspecified atom stereocenters. The van der Waals surface area contributed by atoms with E-state index in [9.17, 15) is 13.3 Å². The van der Waals surface area contributed by atoms with Gasteiger partial charge in [-0.1, -0.05) is 13.0 Å². The first-order valence-electron chi connectivity index (χ1n) is 16.8. The zero-order chi connectivity index (χ0) is 35.6. The molecule has 0 aliphatic carbocycles. The molecule has 0 amide bonds. The lowest BCUT2D eigenvalue weighted by Crippen LogP contribution is -2.52. The van der Waals surface area contributed by atoms with Crippen molar-refractivity contribution in [2.24, 2.45) is 0 Å². The molecule has 0 bridgehead atoms. The summed E-state index contributed by atoms with van der Waals surface area (Å²) in [6.45, 7) is 9.17. The second-order valence-corrected chi connectivity index (χ2v) is 17.2. The number of piperazine rings is 1. The van der Waals surface area contributed by atoms with Crippen LogP contribution in [0, 0.1) is 0 Å². The highest BCUT2D eigenvalue weighted by Crippen LogP contribution is 2.41. The van der Waals surface area contributed by atoms with Crippen molar-refractivity contribution in [2.75, 3.05) is 82.3 Å². The number of hydrogen-bond acceptors (Lipinski definition) is 11. The summed E-state index contributed by atoms with van der Waals surface area (Å²) in [5.41, 5.74) is 4.49. The van der Waals surface area contributed by atoms with Crippen LogP contribution in [0.3, 0.4) is 0 Å². The fourth-order valence-electron chi connectivity index (χ4n) is 6.62. The average molecular weight is 774 g/mol. The van der Waals surface area contributed by atoms with E-state index in [1.165, 1.54) is 17.4 Å². The molecule has 4 heterocycles. The minimum Gasteiger partial charge on any atom is -0.494 e. The number of benzene rings is 2. The van der Waals surface area contributed by atoms with Crippen molar-refractivity contribution in [1.82, 2.24) is 34.8 Å². The average Bonchev–Trinajstić information content (AvgIpc) is 3.61. The summed E-state index contributed by atoms with van der Waals surface area (Å²) < 4.78 is 46.0. The number of hydrogen-bond donors (Lipinski definition) is 2. The number of ether oxygens (including phenoxy) is 1. The van der Waals surface area contributed by atoms with E-state index in [-0.39, 0.29) is 5.69 Å². The van der Waals surface area contributed by atoms with Gasteiger partial charge in [0.05, 0.1) is 29.2 Å². The number of likely N-dealkylation sites (N-methyl/N-ethyl adjacent to an activating group) is 1. The molecule has 6 rings (SSSR count). The summed E-state index contributed by atoms with van der Waals surface area (Å²) in [5.74, 6) is 1.48. The standard InChI is InChI=1S/C34H44BrF2N10O2P/c1-6-22-17-27(30(49-3)19-29(22)46-11-9-24(10-12-46)45-15-13-44(2)14-16-45)41-34-38-20-25(35)32(42-34)40-26-8-7-23(18-31(26)50(4,5)48)28-21-39-47(43-28)33(36)37/h7-8,17-21,24,33H,6,9-16H2,1-5H3,(H2,38,40,41,42). The predicted molar refractivity (Wildman–Crippen MR) is 199 cm³/mol. The lowest BCUT2D eigenvalue weighted by atomic mass is 9.99. The Balaban J connectivity index is 1.21. The Kier molecular flexibility index (Phi) is 11.1. The molecule has 16 heteroatoms. The molecule has 2 saturated heterocycles. The van der Waals surface area contributed by atoms with Gasteiger partial charge >= 0.3 is 6.55 Å². The van der Waals surface area contributed by atoms with Crippen LogP contribution in [0.4, 0.5) is 37.6 Å². The summed E-state index contributed by atoms with van der Waals surface area (Å²) in [7, 11) is 1.02. The van der Waals surface area contributed by atoms with Gasteiger partial charge in [-0.05, 0) is 79.3 Å². The first-order chi connectivity index (χ1) is 23.9. The van der Waals surface area contributed by atoms with Crippen molar-refractivity contribution >= 4 is 57.2 Å². The third-order valence-corrected chi connectivity index (χ3v) is 11.6. The maximum absolute atomic E-state index is 13.4. The van der Waals surface area contributed by atoms with E-state index in [4.69, 9.17) is 9.72 Å². The van der Waals surface area contributed by atoms with Crippen LogP contribution in [-0.4, -0.2) is 108 Å². The third-order valence-electron chi connectivity index (χ3n) is 9.44. The van der Waals surface area contributed by atoms with E-state index in [0.717, 1.165) is 64.2 Å². The molecule has 0 saturated carbocycles. The molecular weight excluding hydrogens is 729 g/mol. The second-order valence-electron chi connectivity index (χ2n) is 13.1. The summed E-state index contributed by atoms with van der Waals surface area (Å²) in [4.78, 5) is 17.1. The molecule has 0 spiro atoms. The van der Waals surface area contributed by atoms with Crippen LogP contribution in [0.25, 0.3) is 11.3 Å². The van der Waals surface area contributed by atoms with Crippen LogP contribution < -0.4 is 25.6 Å². The molecule has 2 aromatic heterocycles. The van der Waals surface area contributed by atoms with Crippen LogP contribution in [-0.2, 0) is 11.0 Å². The van der Waals surface area contributed by atoms with E-state index in [1.54, 1.807) is 44.8 Å². The summed E-state index contributed by atoms with van der Waals surface area (Å²) in [5, 5.41) is 14.6. The number of anilines is 5. The van der Waals surface area contributed by atoms with Crippen molar-refractivity contribution in [3.8, 4) is 17.0 Å². The number of rotatable bonds is 11. The minimum absolute atomic E-state index is 0.253. The van der Waals surface area contributed by atoms with Gasteiger partial charge in [0.15, 0.2) is 0 Å². The summed E-state index contributed by atoms with van der Waals surface area (Å²) in [6, 6.07) is 9.99. The van der Waals surface area contributed by atoms with Gasteiger partial charge in [0.2, 0.25) is 5.95 Å². The second kappa shape index (κ2) is 15.3. The molecule has 268 valence electrons. The fraction of sp³-hybridized carbons (Fsp3) is 0.471. The maximum atomic E-state index is 13.4. The van der Waals surface area contributed by atoms with E-state index >= 15 is 0 Å². The molecule has 2 aliphatic heterocycles. The van der Waals surface area contributed by atoms with Crippen LogP contribution in [0.2, 0.25) is 0 Å². The largest absolute Gasteiger partial charge is 0.494 e. The molecule has 2 N–H and O–H groups in total. The predicted octanol–water partition coefficient (Wildman–Crippen LogP) is 6.42. The SMILES string of the molecule is CCc1cc(Nc2ncc(Br)c(Nc3ccc(-c4cnn(C(F)F)n4)cc3P(C)(C)=O)n2)c(OC)cc1N1CCC(N2CCN(C)CC2)CC1. The molecule has 0 atom stereocenters. The van der Waals surface area contributed by atoms with Gasteiger partial charge < -0.3 is 29.7 Å². The molecule has 12 nitrogen and oxygen atoms in total. The first kappa shape index (κ1) is 36.2. The fourth-order valence-corrected chi connectivity index (χ4v) is 8.08. The van der Waals surface area contributed by atoms with Gasteiger partial charge in [0.25, 0.3) is 0 Å². The Hall–Kier alpha value is -3.65. The quantitative estimate of drug-likeness (QED) is 0.165. The van der Waals surface area contributed by atoms with Gasteiger partial charge in [-0.25, -0.2) is 4.98 Å². The minimum atomic E-state index is -2.85. The molecular formula is C34H44BrF2N10O2P. The topological polar surface area (TPSA) is 117 Å². The number of piperidine rings is 1.